The summed E-state index contributed by atoms with van der Waals surface area (Å²) in [5, 5.41) is 9.29. The first-order chi connectivity index (χ1) is 8.97. The van der Waals surface area contributed by atoms with E-state index in [1.807, 2.05) is 6.92 Å². The van der Waals surface area contributed by atoms with E-state index >= 15 is 0 Å². The standard InChI is InChI=1S/C13H21NO4S/c1-4-11-5-6-13(9-12(11)10-15)19(16,17)14(2)7-8-18-3/h5-6,9,15H,4,7-8,10H2,1-3H3. The van der Waals surface area contributed by atoms with Crippen LogP contribution in [0.4, 0.5) is 0 Å². The van der Waals surface area contributed by atoms with E-state index in [0.717, 1.165) is 12.0 Å². The summed E-state index contributed by atoms with van der Waals surface area (Å²) in [6.07, 6.45) is 0.760. The van der Waals surface area contributed by atoms with E-state index in [4.69, 9.17) is 4.74 Å². The molecule has 0 heterocycles. The number of methoxy groups -OCH3 is 1. The molecular formula is C13H21NO4S. The Morgan fingerprint density at radius 1 is 1.32 bits per heavy atom. The maximum atomic E-state index is 12.3. The predicted molar refractivity (Wildman–Crippen MR) is 73.4 cm³/mol. The van der Waals surface area contributed by atoms with Gasteiger partial charge in [0, 0.05) is 20.7 Å². The second-order valence-corrected chi connectivity index (χ2v) is 6.31. The van der Waals surface area contributed by atoms with Gasteiger partial charge in [-0.3, -0.25) is 0 Å². The van der Waals surface area contributed by atoms with Crippen LogP contribution >= 0.6 is 0 Å². The summed E-state index contributed by atoms with van der Waals surface area (Å²) < 4.78 is 30.7. The van der Waals surface area contributed by atoms with Gasteiger partial charge in [0.15, 0.2) is 0 Å². The van der Waals surface area contributed by atoms with Gasteiger partial charge in [-0.1, -0.05) is 13.0 Å². The van der Waals surface area contributed by atoms with Gasteiger partial charge in [-0.2, -0.15) is 4.31 Å². The molecule has 0 amide bonds. The van der Waals surface area contributed by atoms with Crippen LogP contribution in [0.15, 0.2) is 23.1 Å². The number of hydrogen-bond acceptors (Lipinski definition) is 4. The third kappa shape index (κ3) is 3.76. The minimum absolute atomic E-state index is 0.158. The maximum Gasteiger partial charge on any atom is 0.242 e. The summed E-state index contributed by atoms with van der Waals surface area (Å²) >= 11 is 0. The van der Waals surface area contributed by atoms with Crippen molar-refractivity contribution in [3.63, 3.8) is 0 Å². The van der Waals surface area contributed by atoms with Crippen LogP contribution in [0.2, 0.25) is 0 Å². The van der Waals surface area contributed by atoms with Gasteiger partial charge in [0.25, 0.3) is 0 Å². The number of benzene rings is 1. The lowest BCUT2D eigenvalue weighted by molar-refractivity contribution is 0.185. The Hall–Kier alpha value is -0.950. The summed E-state index contributed by atoms with van der Waals surface area (Å²) in [6.45, 7) is 2.44. The van der Waals surface area contributed by atoms with Gasteiger partial charge in [0.05, 0.1) is 18.1 Å². The Kier molecular flexibility index (Phi) is 5.93. The number of ether oxygens (including phenoxy) is 1. The number of nitrogens with zero attached hydrogens (tertiary/aromatic N) is 1. The van der Waals surface area contributed by atoms with Crippen molar-refractivity contribution in [3.05, 3.63) is 29.3 Å². The van der Waals surface area contributed by atoms with Gasteiger partial charge in [-0.25, -0.2) is 8.42 Å². The van der Waals surface area contributed by atoms with Crippen LogP contribution < -0.4 is 0 Å². The average Bonchev–Trinajstić information content (AvgIpc) is 2.43. The van der Waals surface area contributed by atoms with Crippen molar-refractivity contribution in [1.29, 1.82) is 0 Å². The number of rotatable bonds is 7. The SMILES string of the molecule is CCc1ccc(S(=O)(=O)N(C)CCOC)cc1CO. The van der Waals surface area contributed by atoms with Crippen LogP contribution in [0, 0.1) is 0 Å². The zero-order chi connectivity index (χ0) is 14.5. The highest BCUT2D eigenvalue weighted by atomic mass is 32.2. The average molecular weight is 287 g/mol. The lowest BCUT2D eigenvalue weighted by Gasteiger charge is -2.17. The Bertz CT molecular complexity index is 513. The summed E-state index contributed by atoms with van der Waals surface area (Å²) in [5.41, 5.74) is 1.62. The molecule has 0 bridgehead atoms. The second-order valence-electron chi connectivity index (χ2n) is 4.26. The molecule has 0 spiro atoms. The third-order valence-corrected chi connectivity index (χ3v) is 4.90. The molecule has 1 aromatic rings. The molecule has 1 aromatic carbocycles. The van der Waals surface area contributed by atoms with Gasteiger partial charge in [0.1, 0.15) is 0 Å². The zero-order valence-corrected chi connectivity index (χ0v) is 12.4. The van der Waals surface area contributed by atoms with E-state index in [1.54, 1.807) is 12.1 Å². The van der Waals surface area contributed by atoms with Crippen LogP contribution in [-0.4, -0.2) is 45.1 Å². The maximum absolute atomic E-state index is 12.3. The molecule has 1 N–H and O–H groups in total. The normalized spacial score (nSPS) is 12.1. The van der Waals surface area contributed by atoms with Crippen molar-refractivity contribution in [2.75, 3.05) is 27.3 Å². The summed E-state index contributed by atoms with van der Waals surface area (Å²) in [5.74, 6) is 0. The smallest absolute Gasteiger partial charge is 0.242 e. The van der Waals surface area contributed by atoms with Crippen LogP contribution in [-0.2, 0) is 27.8 Å². The molecule has 19 heavy (non-hydrogen) atoms. The minimum Gasteiger partial charge on any atom is -0.392 e. The van der Waals surface area contributed by atoms with Crippen LogP contribution in [0.25, 0.3) is 0 Å². The third-order valence-electron chi connectivity index (χ3n) is 3.05. The highest BCUT2D eigenvalue weighted by molar-refractivity contribution is 7.89. The lowest BCUT2D eigenvalue weighted by atomic mass is 10.1. The van der Waals surface area contributed by atoms with E-state index in [0.29, 0.717) is 18.7 Å². The number of hydrogen-bond donors (Lipinski definition) is 1. The minimum atomic E-state index is -3.53. The molecule has 6 heteroatoms. The van der Waals surface area contributed by atoms with E-state index in [-0.39, 0.29) is 11.5 Å². The molecule has 0 aliphatic rings. The molecule has 0 saturated carbocycles. The lowest BCUT2D eigenvalue weighted by Crippen LogP contribution is -2.30. The van der Waals surface area contributed by atoms with Crippen molar-refractivity contribution in [3.8, 4) is 0 Å². The van der Waals surface area contributed by atoms with Gasteiger partial charge in [-0.05, 0) is 29.7 Å². The van der Waals surface area contributed by atoms with Gasteiger partial charge >= 0.3 is 0 Å². The zero-order valence-electron chi connectivity index (χ0n) is 11.6. The summed E-state index contributed by atoms with van der Waals surface area (Å²) in [7, 11) is -0.484. The first-order valence-electron chi connectivity index (χ1n) is 6.15. The number of aliphatic hydroxyl groups excluding tert-OH is 1. The van der Waals surface area contributed by atoms with Crippen molar-refractivity contribution >= 4 is 10.0 Å². The molecular weight excluding hydrogens is 266 g/mol. The predicted octanol–water partition coefficient (Wildman–Crippen LogP) is 1.01. The molecule has 0 radical (unpaired) electrons. The van der Waals surface area contributed by atoms with E-state index in [1.165, 1.54) is 24.5 Å². The highest BCUT2D eigenvalue weighted by Gasteiger charge is 2.21. The monoisotopic (exact) mass is 287 g/mol. The highest BCUT2D eigenvalue weighted by Crippen LogP contribution is 2.19. The molecule has 1 rings (SSSR count). The van der Waals surface area contributed by atoms with Crippen molar-refractivity contribution in [2.45, 2.75) is 24.8 Å². The largest absolute Gasteiger partial charge is 0.392 e. The molecule has 0 aliphatic heterocycles. The Balaban J connectivity index is 3.08. The molecule has 0 fully saturated rings. The van der Waals surface area contributed by atoms with Crippen LogP contribution in [0.5, 0.6) is 0 Å². The summed E-state index contributed by atoms with van der Waals surface area (Å²) in [4.78, 5) is 0.201. The Morgan fingerprint density at radius 3 is 2.53 bits per heavy atom. The van der Waals surface area contributed by atoms with Gasteiger partial charge in [-0.15, -0.1) is 0 Å². The fourth-order valence-corrected chi connectivity index (χ4v) is 2.98. The fourth-order valence-electron chi connectivity index (χ4n) is 1.77. The number of likely N-dealkylation sites (N-methyl/N-ethyl adjacent to an activating group) is 1. The second kappa shape index (κ2) is 7.00. The first-order valence-corrected chi connectivity index (χ1v) is 7.59. The fraction of sp³-hybridized carbons (Fsp3) is 0.538. The van der Waals surface area contributed by atoms with Crippen molar-refractivity contribution in [2.24, 2.45) is 0 Å². The summed E-state index contributed by atoms with van der Waals surface area (Å²) in [6, 6.07) is 4.87. The van der Waals surface area contributed by atoms with E-state index < -0.39 is 10.0 Å². The van der Waals surface area contributed by atoms with Crippen LogP contribution in [0.3, 0.4) is 0 Å². The number of aryl methyl sites for hydroxylation is 1. The van der Waals surface area contributed by atoms with Crippen molar-refractivity contribution < 1.29 is 18.3 Å². The molecule has 0 unspecified atom stereocenters. The molecule has 5 nitrogen and oxygen atoms in total. The molecule has 0 saturated heterocycles. The van der Waals surface area contributed by atoms with Gasteiger partial charge < -0.3 is 9.84 Å². The molecule has 0 atom stereocenters. The topological polar surface area (TPSA) is 66.8 Å². The number of aliphatic hydroxyl groups is 1. The van der Waals surface area contributed by atoms with Gasteiger partial charge in [0.2, 0.25) is 10.0 Å². The Labute approximate surface area is 114 Å². The Morgan fingerprint density at radius 2 is 2.00 bits per heavy atom. The molecule has 108 valence electrons. The quantitative estimate of drug-likeness (QED) is 0.812. The van der Waals surface area contributed by atoms with Crippen molar-refractivity contribution in [1.82, 2.24) is 4.31 Å². The molecule has 0 aromatic heterocycles. The molecule has 0 aliphatic carbocycles. The number of sulfonamides is 1. The van der Waals surface area contributed by atoms with Crippen LogP contribution in [0.1, 0.15) is 18.1 Å². The van der Waals surface area contributed by atoms with E-state index in [2.05, 4.69) is 0 Å². The first kappa shape index (κ1) is 16.1. The van der Waals surface area contributed by atoms with E-state index in [9.17, 15) is 13.5 Å².